The van der Waals surface area contributed by atoms with Gasteiger partial charge in [0.15, 0.2) is 0 Å². The van der Waals surface area contributed by atoms with Crippen LogP contribution in [0.15, 0.2) is 40.4 Å². The minimum atomic E-state index is -0.339. The molecule has 0 saturated heterocycles. The zero-order valence-electron chi connectivity index (χ0n) is 13.5. The third kappa shape index (κ3) is 3.54. The largest absolute Gasteiger partial charge is 0.466 e. The maximum atomic E-state index is 11.2. The summed E-state index contributed by atoms with van der Waals surface area (Å²) in [5.41, 5.74) is 14.7. The third-order valence-corrected chi connectivity index (χ3v) is 4.67. The molecule has 1 heterocycles. The molecule has 3 aliphatic rings. The average Bonchev–Trinajstić information content (AvgIpc) is 3.23. The summed E-state index contributed by atoms with van der Waals surface area (Å²) in [6.07, 6.45) is 13.5. The molecular formula is C17H24N4O2. The van der Waals surface area contributed by atoms with Crippen LogP contribution in [0, 0.1) is 0 Å². The molecule has 6 nitrogen and oxygen atoms in total. The normalized spacial score (nSPS) is 26.5. The van der Waals surface area contributed by atoms with Crippen LogP contribution in [0.2, 0.25) is 0 Å². The Bertz CT molecular complexity index is 598. The number of aliphatic imine (C=N–C) groups is 1. The van der Waals surface area contributed by atoms with Crippen molar-refractivity contribution in [3.8, 4) is 0 Å². The molecule has 23 heavy (non-hydrogen) atoms. The van der Waals surface area contributed by atoms with Crippen LogP contribution in [-0.4, -0.2) is 30.6 Å². The first-order chi connectivity index (χ1) is 11.1. The van der Waals surface area contributed by atoms with E-state index in [1.54, 1.807) is 0 Å². The molecule has 1 saturated carbocycles. The smallest absolute Gasteiger partial charge is 0.330 e. The summed E-state index contributed by atoms with van der Waals surface area (Å²) in [7, 11) is 1.38. The highest BCUT2D eigenvalue weighted by atomic mass is 16.5. The molecule has 1 aliphatic heterocycles. The van der Waals surface area contributed by atoms with E-state index < -0.39 is 0 Å². The number of carbonyl (C=O) groups excluding carboxylic acids is 1. The molecule has 4 N–H and O–H groups in total. The monoisotopic (exact) mass is 316 g/mol. The molecule has 1 unspecified atom stereocenters. The maximum absolute atomic E-state index is 11.2. The number of hydrogen-bond donors (Lipinski definition) is 3. The van der Waals surface area contributed by atoms with Crippen molar-refractivity contribution in [3.05, 3.63) is 35.5 Å². The molecule has 0 radical (unpaired) electrons. The fourth-order valence-electron chi connectivity index (χ4n) is 3.30. The van der Waals surface area contributed by atoms with E-state index in [1.165, 1.54) is 13.2 Å². The predicted octanol–water partition coefficient (Wildman–Crippen LogP) is 1.47. The first kappa shape index (κ1) is 16.0. The number of hydrogen-bond acceptors (Lipinski definition) is 6. The standard InChI is InChI=1S/C17H24N4O2/c1-23-14(22)8-7-12-5-4-6-13(11-12)15-19-16(21-20-15)17(18)9-2-3-10-17/h6-8,11,15,20H,2-5,9-10,18H2,1H3,(H,19,21)/b8-7+. The summed E-state index contributed by atoms with van der Waals surface area (Å²) in [5.74, 6) is 0.529. The Morgan fingerprint density at radius 1 is 1.48 bits per heavy atom. The van der Waals surface area contributed by atoms with Crippen molar-refractivity contribution in [2.75, 3.05) is 7.11 Å². The summed E-state index contributed by atoms with van der Waals surface area (Å²) in [6.45, 7) is 0. The van der Waals surface area contributed by atoms with E-state index in [0.717, 1.165) is 55.5 Å². The van der Waals surface area contributed by atoms with Crippen molar-refractivity contribution < 1.29 is 9.53 Å². The number of rotatable bonds is 4. The van der Waals surface area contributed by atoms with Crippen LogP contribution >= 0.6 is 0 Å². The molecule has 124 valence electrons. The van der Waals surface area contributed by atoms with E-state index in [-0.39, 0.29) is 17.7 Å². The molecule has 0 amide bonds. The molecular weight excluding hydrogens is 292 g/mol. The fourth-order valence-corrected chi connectivity index (χ4v) is 3.30. The second kappa shape index (κ2) is 6.68. The Balaban J connectivity index is 1.71. The summed E-state index contributed by atoms with van der Waals surface area (Å²) in [6, 6.07) is 0. The lowest BCUT2D eigenvalue weighted by Crippen LogP contribution is -2.52. The van der Waals surface area contributed by atoms with Gasteiger partial charge in [0.05, 0.1) is 12.6 Å². The second-order valence-electron chi connectivity index (χ2n) is 6.33. The minimum Gasteiger partial charge on any atom is -0.466 e. The lowest BCUT2D eigenvalue weighted by Gasteiger charge is -2.22. The second-order valence-corrected chi connectivity index (χ2v) is 6.33. The van der Waals surface area contributed by atoms with Crippen LogP contribution in [-0.2, 0) is 9.53 Å². The topological polar surface area (TPSA) is 88.7 Å². The zero-order valence-corrected chi connectivity index (χ0v) is 13.5. The first-order valence-corrected chi connectivity index (χ1v) is 8.16. The van der Waals surface area contributed by atoms with Gasteiger partial charge in [-0.3, -0.25) is 0 Å². The van der Waals surface area contributed by atoms with Gasteiger partial charge in [-0.1, -0.05) is 31.1 Å². The number of amidine groups is 1. The van der Waals surface area contributed by atoms with Crippen molar-refractivity contribution in [2.24, 2.45) is 10.7 Å². The van der Waals surface area contributed by atoms with E-state index in [0.29, 0.717) is 0 Å². The predicted molar refractivity (Wildman–Crippen MR) is 89.4 cm³/mol. The highest BCUT2D eigenvalue weighted by Gasteiger charge is 2.38. The Morgan fingerprint density at radius 3 is 3.00 bits per heavy atom. The van der Waals surface area contributed by atoms with Crippen LogP contribution in [0.25, 0.3) is 0 Å². The average molecular weight is 316 g/mol. The van der Waals surface area contributed by atoms with Gasteiger partial charge >= 0.3 is 5.97 Å². The fraction of sp³-hybridized carbons (Fsp3) is 0.529. The molecule has 0 aromatic heterocycles. The van der Waals surface area contributed by atoms with Crippen molar-refractivity contribution in [1.82, 2.24) is 10.9 Å². The first-order valence-electron chi connectivity index (χ1n) is 8.16. The van der Waals surface area contributed by atoms with E-state index >= 15 is 0 Å². The molecule has 0 aromatic carbocycles. The number of hydrazine groups is 1. The third-order valence-electron chi connectivity index (χ3n) is 4.67. The molecule has 0 aromatic rings. The van der Waals surface area contributed by atoms with Crippen LogP contribution in [0.4, 0.5) is 0 Å². The Kier molecular flexibility index (Phi) is 4.63. The minimum absolute atomic E-state index is 0.118. The Morgan fingerprint density at radius 2 is 2.26 bits per heavy atom. The van der Waals surface area contributed by atoms with Gasteiger partial charge in [-0.2, -0.15) is 0 Å². The quantitative estimate of drug-likeness (QED) is 0.540. The number of nitrogens with zero attached hydrogens (tertiary/aromatic N) is 1. The van der Waals surface area contributed by atoms with Gasteiger partial charge in [0.25, 0.3) is 0 Å². The lowest BCUT2D eigenvalue weighted by atomic mass is 9.96. The highest BCUT2D eigenvalue weighted by Crippen LogP contribution is 2.30. The number of ether oxygens (including phenoxy) is 1. The number of nitrogens with one attached hydrogen (secondary N) is 2. The summed E-state index contributed by atoms with van der Waals surface area (Å²) < 4.78 is 4.62. The van der Waals surface area contributed by atoms with Gasteiger partial charge in [0.1, 0.15) is 12.0 Å². The summed E-state index contributed by atoms with van der Waals surface area (Å²) in [5, 5.41) is 0. The summed E-state index contributed by atoms with van der Waals surface area (Å²) >= 11 is 0. The van der Waals surface area contributed by atoms with E-state index in [2.05, 4.69) is 27.7 Å². The van der Waals surface area contributed by atoms with Crippen LogP contribution < -0.4 is 16.6 Å². The van der Waals surface area contributed by atoms with E-state index in [1.807, 2.05) is 6.08 Å². The van der Waals surface area contributed by atoms with Gasteiger partial charge in [0.2, 0.25) is 0 Å². The summed E-state index contributed by atoms with van der Waals surface area (Å²) in [4.78, 5) is 16.0. The van der Waals surface area contributed by atoms with E-state index in [4.69, 9.17) is 10.7 Å². The number of esters is 1. The number of methoxy groups -OCH3 is 1. The zero-order chi connectivity index (χ0) is 16.3. The molecule has 1 atom stereocenters. The number of carbonyl (C=O) groups is 1. The lowest BCUT2D eigenvalue weighted by molar-refractivity contribution is -0.134. The van der Waals surface area contributed by atoms with Gasteiger partial charge < -0.3 is 15.9 Å². The SMILES string of the molecule is COC(=O)/C=C/C1=CC(C2N=C(C3(N)CCCC3)NN2)=CCC1. The number of nitrogens with two attached hydrogens (primary N) is 1. The Labute approximate surface area is 136 Å². The molecule has 6 heteroatoms. The van der Waals surface area contributed by atoms with Crippen LogP contribution in [0.5, 0.6) is 0 Å². The highest BCUT2D eigenvalue weighted by molar-refractivity contribution is 5.92. The van der Waals surface area contributed by atoms with Crippen LogP contribution in [0.1, 0.15) is 38.5 Å². The maximum Gasteiger partial charge on any atom is 0.330 e. The Hall–Kier alpha value is -1.92. The number of allylic oxidation sites excluding steroid dienone is 3. The molecule has 0 spiro atoms. The van der Waals surface area contributed by atoms with Gasteiger partial charge in [-0.05, 0) is 36.8 Å². The van der Waals surface area contributed by atoms with Crippen molar-refractivity contribution in [3.63, 3.8) is 0 Å². The van der Waals surface area contributed by atoms with Crippen molar-refractivity contribution in [1.29, 1.82) is 0 Å². The van der Waals surface area contributed by atoms with E-state index in [9.17, 15) is 4.79 Å². The van der Waals surface area contributed by atoms with Crippen LogP contribution in [0.3, 0.4) is 0 Å². The molecule has 0 bridgehead atoms. The van der Waals surface area contributed by atoms with Gasteiger partial charge in [-0.15, -0.1) is 0 Å². The van der Waals surface area contributed by atoms with Gasteiger partial charge in [-0.25, -0.2) is 15.2 Å². The van der Waals surface area contributed by atoms with Crippen molar-refractivity contribution in [2.45, 2.75) is 50.2 Å². The molecule has 3 rings (SSSR count). The van der Waals surface area contributed by atoms with Gasteiger partial charge in [0, 0.05) is 6.08 Å². The molecule has 1 fully saturated rings. The van der Waals surface area contributed by atoms with Crippen molar-refractivity contribution >= 4 is 11.8 Å². The molecule has 2 aliphatic carbocycles.